The first kappa shape index (κ1) is 20.7. The molecule has 0 saturated carbocycles. The van der Waals surface area contributed by atoms with E-state index in [1.807, 2.05) is 0 Å². The number of urea groups is 1. The predicted octanol–water partition coefficient (Wildman–Crippen LogP) is 4.41. The highest BCUT2D eigenvalue weighted by Gasteiger charge is 2.23. The van der Waals surface area contributed by atoms with Crippen molar-refractivity contribution < 1.29 is 9.18 Å². The molecule has 0 spiro atoms. The number of para-hydroxylation sites is 2. The van der Waals surface area contributed by atoms with Crippen LogP contribution in [0.1, 0.15) is 25.3 Å². The minimum absolute atomic E-state index is 0.231. The molecule has 2 aliphatic heterocycles. The number of carbonyl (C=O) groups excluding carboxylic acids is 1. The second kappa shape index (κ2) is 9.47. The van der Waals surface area contributed by atoms with Gasteiger partial charge < -0.3 is 15.1 Å². The van der Waals surface area contributed by atoms with Crippen molar-refractivity contribution in [3.05, 3.63) is 59.9 Å². The van der Waals surface area contributed by atoms with Crippen LogP contribution in [0.5, 0.6) is 0 Å². The molecule has 1 N–H and O–H groups in total. The van der Waals surface area contributed by atoms with Gasteiger partial charge in [0.15, 0.2) is 0 Å². The van der Waals surface area contributed by atoms with Crippen LogP contribution in [0, 0.1) is 11.7 Å². The highest BCUT2D eigenvalue weighted by atomic mass is 19.1. The zero-order valence-corrected chi connectivity index (χ0v) is 17.7. The molecule has 0 aromatic heterocycles. The van der Waals surface area contributed by atoms with E-state index < -0.39 is 5.82 Å². The summed E-state index contributed by atoms with van der Waals surface area (Å²) in [7, 11) is 0. The average Bonchev–Trinajstić information content (AvgIpc) is 2.77. The third kappa shape index (κ3) is 4.93. The average molecular weight is 411 g/mol. The summed E-state index contributed by atoms with van der Waals surface area (Å²) in [5, 5.41) is 2.69. The first-order valence-corrected chi connectivity index (χ1v) is 11.0. The van der Waals surface area contributed by atoms with Gasteiger partial charge in [-0.3, -0.25) is 4.90 Å². The van der Waals surface area contributed by atoms with Crippen molar-refractivity contribution in [2.24, 2.45) is 5.92 Å². The summed E-state index contributed by atoms with van der Waals surface area (Å²) in [6.45, 7) is 8.40. The van der Waals surface area contributed by atoms with Crippen molar-refractivity contribution in [1.29, 1.82) is 0 Å². The Hall–Kier alpha value is -2.60. The fraction of sp³-hybridized carbons (Fsp3) is 0.458. The van der Waals surface area contributed by atoms with Crippen LogP contribution in [0.2, 0.25) is 0 Å². The zero-order chi connectivity index (χ0) is 20.9. The van der Waals surface area contributed by atoms with Crippen molar-refractivity contribution in [2.45, 2.75) is 26.3 Å². The quantitative estimate of drug-likeness (QED) is 0.811. The van der Waals surface area contributed by atoms with Gasteiger partial charge in [-0.1, -0.05) is 37.3 Å². The molecule has 2 heterocycles. The van der Waals surface area contributed by atoms with Gasteiger partial charge in [-0.05, 0) is 42.5 Å². The zero-order valence-electron chi connectivity index (χ0n) is 17.7. The molecule has 0 radical (unpaired) electrons. The molecular weight excluding hydrogens is 379 g/mol. The Balaban J connectivity index is 1.32. The Kier molecular flexibility index (Phi) is 6.53. The van der Waals surface area contributed by atoms with Gasteiger partial charge in [0, 0.05) is 51.5 Å². The molecular formula is C24H31FN4O. The molecule has 2 aromatic carbocycles. The van der Waals surface area contributed by atoms with E-state index >= 15 is 0 Å². The van der Waals surface area contributed by atoms with Crippen LogP contribution in [-0.4, -0.2) is 55.1 Å². The number of benzene rings is 2. The van der Waals surface area contributed by atoms with Gasteiger partial charge in [0.25, 0.3) is 0 Å². The summed E-state index contributed by atoms with van der Waals surface area (Å²) >= 11 is 0. The van der Waals surface area contributed by atoms with Crippen LogP contribution in [0.3, 0.4) is 0 Å². The predicted molar refractivity (Wildman–Crippen MR) is 119 cm³/mol. The molecule has 2 aliphatic rings. The Morgan fingerprint density at radius 2 is 1.63 bits per heavy atom. The van der Waals surface area contributed by atoms with Crippen LogP contribution in [0.4, 0.5) is 20.6 Å². The van der Waals surface area contributed by atoms with Crippen LogP contribution in [0.15, 0.2) is 48.5 Å². The second-order valence-electron chi connectivity index (χ2n) is 8.47. The number of nitrogens with zero attached hydrogens (tertiary/aromatic N) is 3. The van der Waals surface area contributed by atoms with E-state index in [4.69, 9.17) is 0 Å². The molecule has 2 saturated heterocycles. The number of hydrogen-bond acceptors (Lipinski definition) is 3. The second-order valence-corrected chi connectivity index (χ2v) is 8.47. The largest absolute Gasteiger partial charge is 0.371 e. The highest BCUT2D eigenvalue weighted by Crippen LogP contribution is 2.27. The van der Waals surface area contributed by atoms with Crippen molar-refractivity contribution in [3.63, 3.8) is 0 Å². The van der Waals surface area contributed by atoms with Gasteiger partial charge in [-0.2, -0.15) is 0 Å². The summed E-state index contributed by atoms with van der Waals surface area (Å²) in [5.74, 6) is 0.408. The third-order valence-corrected chi connectivity index (χ3v) is 6.28. The molecule has 5 nitrogen and oxygen atoms in total. The monoisotopic (exact) mass is 410 g/mol. The number of rotatable bonds is 4. The maximum atomic E-state index is 13.8. The highest BCUT2D eigenvalue weighted by molar-refractivity contribution is 5.89. The lowest BCUT2D eigenvalue weighted by molar-refractivity contribution is 0.143. The van der Waals surface area contributed by atoms with Gasteiger partial charge in [0.1, 0.15) is 5.82 Å². The van der Waals surface area contributed by atoms with E-state index in [0.717, 1.165) is 38.6 Å². The normalized spacial score (nSPS) is 18.5. The number of anilines is 2. The Bertz CT molecular complexity index is 858. The van der Waals surface area contributed by atoms with Crippen molar-refractivity contribution in [2.75, 3.05) is 49.5 Å². The van der Waals surface area contributed by atoms with Gasteiger partial charge in [-0.15, -0.1) is 0 Å². The lowest BCUT2D eigenvalue weighted by Gasteiger charge is -2.37. The number of carbonyl (C=O) groups is 1. The molecule has 0 atom stereocenters. The van der Waals surface area contributed by atoms with Crippen LogP contribution < -0.4 is 10.2 Å². The molecule has 0 aliphatic carbocycles. The molecule has 0 bridgehead atoms. The summed E-state index contributed by atoms with van der Waals surface area (Å²) in [4.78, 5) is 19.2. The number of piperidine rings is 1. The van der Waals surface area contributed by atoms with Gasteiger partial charge >= 0.3 is 6.03 Å². The topological polar surface area (TPSA) is 38.8 Å². The first-order chi connectivity index (χ1) is 14.6. The number of hydrogen-bond donors (Lipinski definition) is 1. The summed E-state index contributed by atoms with van der Waals surface area (Å²) in [6.07, 6.45) is 2.51. The Morgan fingerprint density at radius 1 is 0.967 bits per heavy atom. The maximum Gasteiger partial charge on any atom is 0.322 e. The van der Waals surface area contributed by atoms with E-state index in [-0.39, 0.29) is 11.7 Å². The third-order valence-electron chi connectivity index (χ3n) is 6.28. The summed E-state index contributed by atoms with van der Waals surface area (Å²) in [6, 6.07) is 14.8. The fourth-order valence-corrected chi connectivity index (χ4v) is 4.31. The lowest BCUT2D eigenvalue weighted by atomic mass is 9.98. The van der Waals surface area contributed by atoms with Gasteiger partial charge in [-0.25, -0.2) is 9.18 Å². The van der Waals surface area contributed by atoms with Crippen molar-refractivity contribution >= 4 is 17.4 Å². The van der Waals surface area contributed by atoms with Crippen molar-refractivity contribution in [1.82, 2.24) is 9.80 Å². The molecule has 0 unspecified atom stereocenters. The fourth-order valence-electron chi connectivity index (χ4n) is 4.31. The molecule has 160 valence electrons. The van der Waals surface area contributed by atoms with Crippen LogP contribution in [0.25, 0.3) is 0 Å². The molecule has 6 heteroatoms. The van der Waals surface area contributed by atoms with Crippen molar-refractivity contribution in [3.8, 4) is 0 Å². The number of piperazine rings is 1. The molecule has 30 heavy (non-hydrogen) atoms. The van der Waals surface area contributed by atoms with Crippen LogP contribution >= 0.6 is 0 Å². The minimum Gasteiger partial charge on any atom is -0.371 e. The molecule has 2 aromatic rings. The number of amides is 2. The Morgan fingerprint density at radius 3 is 2.37 bits per heavy atom. The van der Waals surface area contributed by atoms with Gasteiger partial charge in [0.05, 0.1) is 5.69 Å². The standard InChI is InChI=1S/C24H31FN4O/c1-19-10-12-28(13-11-19)23-9-5-2-6-20(23)18-27-14-16-29(17-15-27)24(30)26-22-8-4-3-7-21(22)25/h2-9,19H,10-18H2,1H3,(H,26,30). The molecule has 4 rings (SSSR count). The summed E-state index contributed by atoms with van der Waals surface area (Å²) in [5.41, 5.74) is 2.94. The maximum absolute atomic E-state index is 13.8. The number of halogens is 1. The molecule has 2 fully saturated rings. The molecule has 2 amide bonds. The number of nitrogens with one attached hydrogen (secondary N) is 1. The summed E-state index contributed by atoms with van der Waals surface area (Å²) < 4.78 is 13.8. The van der Waals surface area contributed by atoms with E-state index in [1.54, 1.807) is 23.1 Å². The SMILES string of the molecule is CC1CCN(c2ccccc2CN2CCN(C(=O)Nc3ccccc3F)CC2)CC1. The van der Waals surface area contributed by atoms with E-state index in [2.05, 4.69) is 46.3 Å². The van der Waals surface area contributed by atoms with Gasteiger partial charge in [0.2, 0.25) is 0 Å². The first-order valence-electron chi connectivity index (χ1n) is 11.0. The minimum atomic E-state index is -0.409. The Labute approximate surface area is 178 Å². The van der Waals surface area contributed by atoms with Crippen LogP contribution in [-0.2, 0) is 6.54 Å². The lowest BCUT2D eigenvalue weighted by Crippen LogP contribution is -2.49. The van der Waals surface area contributed by atoms with E-state index in [1.165, 1.54) is 30.2 Å². The smallest absolute Gasteiger partial charge is 0.322 e. The van der Waals surface area contributed by atoms with E-state index in [9.17, 15) is 9.18 Å². The van der Waals surface area contributed by atoms with E-state index in [0.29, 0.717) is 13.1 Å².